The summed E-state index contributed by atoms with van der Waals surface area (Å²) in [5.74, 6) is 1.09. The van der Waals surface area contributed by atoms with Gasteiger partial charge in [-0.2, -0.15) is 0 Å². The van der Waals surface area contributed by atoms with Gasteiger partial charge < -0.3 is 14.2 Å². The smallest absolute Gasteiger partial charge is 0.306 e. The molecular weight excluding hydrogens is 404 g/mol. The SMILES string of the molecule is CCCCCCCCOc1ccc(-c2ccc(OCC(C)OC(=O)CCCC)nn2)cc1. The van der Waals surface area contributed by atoms with Crippen LogP contribution < -0.4 is 9.47 Å². The van der Waals surface area contributed by atoms with Crippen LogP contribution in [0.5, 0.6) is 11.6 Å². The Morgan fingerprint density at radius 3 is 2.25 bits per heavy atom. The number of aromatic nitrogens is 2. The predicted molar refractivity (Wildman–Crippen MR) is 127 cm³/mol. The van der Waals surface area contributed by atoms with E-state index in [0.29, 0.717) is 12.3 Å². The fourth-order valence-corrected chi connectivity index (χ4v) is 3.19. The second-order valence-corrected chi connectivity index (χ2v) is 8.11. The van der Waals surface area contributed by atoms with Crippen LogP contribution >= 0.6 is 0 Å². The van der Waals surface area contributed by atoms with Crippen molar-refractivity contribution in [3.63, 3.8) is 0 Å². The summed E-state index contributed by atoms with van der Waals surface area (Å²) in [6.07, 6.45) is 9.45. The molecule has 6 nitrogen and oxygen atoms in total. The maximum atomic E-state index is 11.7. The lowest BCUT2D eigenvalue weighted by Gasteiger charge is -2.13. The number of carbonyl (C=O) groups excluding carboxylic acids is 1. The van der Waals surface area contributed by atoms with Crippen molar-refractivity contribution in [1.29, 1.82) is 0 Å². The molecule has 0 aliphatic heterocycles. The third kappa shape index (κ3) is 10.1. The molecule has 0 saturated carbocycles. The molecule has 1 aromatic carbocycles. The zero-order chi connectivity index (χ0) is 23.0. The second-order valence-electron chi connectivity index (χ2n) is 8.11. The molecule has 176 valence electrons. The third-order valence-corrected chi connectivity index (χ3v) is 5.09. The van der Waals surface area contributed by atoms with Gasteiger partial charge in [-0.3, -0.25) is 4.79 Å². The Kier molecular flexibility index (Phi) is 12.2. The monoisotopic (exact) mass is 442 g/mol. The Bertz CT molecular complexity index is 762. The minimum Gasteiger partial charge on any atom is -0.494 e. The first-order chi connectivity index (χ1) is 15.6. The van der Waals surface area contributed by atoms with Crippen molar-refractivity contribution in [2.45, 2.75) is 84.7 Å². The number of benzene rings is 1. The molecule has 0 radical (unpaired) electrons. The van der Waals surface area contributed by atoms with Crippen LogP contribution in [-0.4, -0.2) is 35.5 Å². The van der Waals surface area contributed by atoms with E-state index >= 15 is 0 Å². The van der Waals surface area contributed by atoms with Crippen LogP contribution in [0, 0.1) is 0 Å². The summed E-state index contributed by atoms with van der Waals surface area (Å²) >= 11 is 0. The maximum absolute atomic E-state index is 11.7. The lowest BCUT2D eigenvalue weighted by atomic mass is 10.1. The van der Waals surface area contributed by atoms with E-state index in [1.54, 1.807) is 6.07 Å². The summed E-state index contributed by atoms with van der Waals surface area (Å²) < 4.78 is 16.7. The predicted octanol–water partition coefficient (Wildman–Crippen LogP) is 6.38. The number of hydrogen-bond donors (Lipinski definition) is 0. The van der Waals surface area contributed by atoms with Crippen LogP contribution in [0.4, 0.5) is 0 Å². The van der Waals surface area contributed by atoms with Gasteiger partial charge in [-0.1, -0.05) is 52.4 Å². The highest BCUT2D eigenvalue weighted by Gasteiger charge is 2.11. The summed E-state index contributed by atoms with van der Waals surface area (Å²) in [5, 5.41) is 8.37. The molecule has 0 aliphatic carbocycles. The third-order valence-electron chi connectivity index (χ3n) is 5.09. The van der Waals surface area contributed by atoms with E-state index in [1.807, 2.05) is 44.2 Å². The Morgan fingerprint density at radius 2 is 1.56 bits per heavy atom. The number of nitrogens with zero attached hydrogens (tertiary/aromatic N) is 2. The molecule has 0 aliphatic rings. The Labute approximate surface area is 192 Å². The fraction of sp³-hybridized carbons (Fsp3) is 0.577. The first kappa shape index (κ1) is 25.6. The number of rotatable bonds is 16. The van der Waals surface area contributed by atoms with Crippen LogP contribution in [-0.2, 0) is 9.53 Å². The molecule has 1 unspecified atom stereocenters. The average Bonchev–Trinajstić information content (AvgIpc) is 2.81. The van der Waals surface area contributed by atoms with Gasteiger partial charge in [0.2, 0.25) is 5.88 Å². The zero-order valence-corrected chi connectivity index (χ0v) is 19.8. The molecule has 1 atom stereocenters. The van der Waals surface area contributed by atoms with Crippen molar-refractivity contribution in [2.75, 3.05) is 13.2 Å². The minimum atomic E-state index is -0.329. The van der Waals surface area contributed by atoms with Crippen molar-refractivity contribution < 1.29 is 19.0 Å². The Balaban J connectivity index is 1.72. The van der Waals surface area contributed by atoms with Crippen LogP contribution in [0.25, 0.3) is 11.3 Å². The molecule has 0 saturated heterocycles. The normalized spacial score (nSPS) is 11.7. The van der Waals surface area contributed by atoms with Gasteiger partial charge in [0.25, 0.3) is 0 Å². The number of carbonyl (C=O) groups is 1. The van der Waals surface area contributed by atoms with E-state index in [1.165, 1.54) is 32.1 Å². The summed E-state index contributed by atoms with van der Waals surface area (Å²) in [7, 11) is 0. The van der Waals surface area contributed by atoms with Gasteiger partial charge in [0.1, 0.15) is 18.5 Å². The molecular formula is C26H38N2O4. The van der Waals surface area contributed by atoms with Crippen molar-refractivity contribution in [3.05, 3.63) is 36.4 Å². The standard InChI is InChI=1S/C26H38N2O4/c1-4-6-8-9-10-11-19-30-23-15-13-22(14-16-23)24-17-18-25(28-27-24)31-20-21(3)32-26(29)12-7-5-2/h13-18,21H,4-12,19-20H2,1-3H3. The van der Waals surface area contributed by atoms with Gasteiger partial charge in [-0.25, -0.2) is 0 Å². The molecule has 0 N–H and O–H groups in total. The number of hydrogen-bond acceptors (Lipinski definition) is 6. The van der Waals surface area contributed by atoms with E-state index in [2.05, 4.69) is 17.1 Å². The minimum absolute atomic E-state index is 0.191. The molecule has 0 bridgehead atoms. The highest BCUT2D eigenvalue weighted by Crippen LogP contribution is 2.21. The second kappa shape index (κ2) is 15.2. The molecule has 2 aromatic rings. The van der Waals surface area contributed by atoms with Gasteiger partial charge in [0, 0.05) is 18.1 Å². The van der Waals surface area contributed by atoms with E-state index in [0.717, 1.165) is 42.9 Å². The Hall–Kier alpha value is -2.63. The first-order valence-electron chi connectivity index (χ1n) is 12.0. The highest BCUT2D eigenvalue weighted by molar-refractivity contribution is 5.69. The van der Waals surface area contributed by atoms with Crippen molar-refractivity contribution >= 4 is 5.97 Å². The molecule has 0 spiro atoms. The zero-order valence-electron chi connectivity index (χ0n) is 19.8. The summed E-state index contributed by atoms with van der Waals surface area (Å²) in [6.45, 7) is 7.08. The lowest BCUT2D eigenvalue weighted by molar-refractivity contribution is -0.149. The molecule has 1 heterocycles. The molecule has 32 heavy (non-hydrogen) atoms. The van der Waals surface area contributed by atoms with E-state index in [9.17, 15) is 4.79 Å². The van der Waals surface area contributed by atoms with E-state index in [-0.39, 0.29) is 18.7 Å². The summed E-state index contributed by atoms with van der Waals surface area (Å²) in [4.78, 5) is 11.7. The maximum Gasteiger partial charge on any atom is 0.306 e. The highest BCUT2D eigenvalue weighted by atomic mass is 16.6. The first-order valence-corrected chi connectivity index (χ1v) is 12.0. The van der Waals surface area contributed by atoms with Gasteiger partial charge in [-0.15, -0.1) is 10.2 Å². The van der Waals surface area contributed by atoms with Gasteiger partial charge in [0.05, 0.1) is 12.3 Å². The van der Waals surface area contributed by atoms with E-state index in [4.69, 9.17) is 14.2 Å². The van der Waals surface area contributed by atoms with Crippen molar-refractivity contribution in [2.24, 2.45) is 0 Å². The van der Waals surface area contributed by atoms with Crippen LogP contribution in [0.1, 0.15) is 78.6 Å². The largest absolute Gasteiger partial charge is 0.494 e. The van der Waals surface area contributed by atoms with Gasteiger partial charge in [-0.05, 0) is 50.1 Å². The van der Waals surface area contributed by atoms with Crippen LogP contribution in [0.3, 0.4) is 0 Å². The summed E-state index contributed by atoms with van der Waals surface area (Å²) in [5.41, 5.74) is 1.73. The van der Waals surface area contributed by atoms with Gasteiger partial charge >= 0.3 is 5.97 Å². The van der Waals surface area contributed by atoms with E-state index < -0.39 is 0 Å². The number of esters is 1. The average molecular weight is 443 g/mol. The van der Waals surface area contributed by atoms with Gasteiger partial charge in [0.15, 0.2) is 0 Å². The van der Waals surface area contributed by atoms with Crippen LogP contribution in [0.2, 0.25) is 0 Å². The summed E-state index contributed by atoms with van der Waals surface area (Å²) in [6, 6.07) is 11.5. The van der Waals surface area contributed by atoms with Crippen molar-refractivity contribution in [3.8, 4) is 22.9 Å². The fourth-order valence-electron chi connectivity index (χ4n) is 3.19. The Morgan fingerprint density at radius 1 is 0.844 bits per heavy atom. The topological polar surface area (TPSA) is 70.5 Å². The molecule has 6 heteroatoms. The number of unbranched alkanes of at least 4 members (excludes halogenated alkanes) is 6. The van der Waals surface area contributed by atoms with Crippen LogP contribution in [0.15, 0.2) is 36.4 Å². The van der Waals surface area contributed by atoms with Crippen molar-refractivity contribution in [1.82, 2.24) is 10.2 Å². The molecule has 0 amide bonds. The quantitative estimate of drug-likeness (QED) is 0.222. The molecule has 0 fully saturated rings. The molecule has 2 rings (SSSR count). The molecule has 1 aromatic heterocycles. The number of ether oxygens (including phenoxy) is 3. The lowest BCUT2D eigenvalue weighted by Crippen LogP contribution is -2.22.